The molecule has 0 spiro atoms. The molecule has 0 unspecified atom stereocenters. The van der Waals surface area contributed by atoms with Gasteiger partial charge in [-0.25, -0.2) is 13.6 Å². The molecule has 4 nitrogen and oxygen atoms in total. The lowest BCUT2D eigenvalue weighted by Crippen LogP contribution is -2.22. The lowest BCUT2D eigenvalue weighted by molar-refractivity contribution is -0.137. The van der Waals surface area contributed by atoms with Crippen molar-refractivity contribution in [3.05, 3.63) is 28.2 Å². The van der Waals surface area contributed by atoms with Crippen LogP contribution in [-0.4, -0.2) is 20.7 Å². The van der Waals surface area contributed by atoms with Crippen molar-refractivity contribution < 1.29 is 21.6 Å². The van der Waals surface area contributed by atoms with E-state index < -0.39 is 21.8 Å². The van der Waals surface area contributed by atoms with Gasteiger partial charge < -0.3 is 5.32 Å². The van der Waals surface area contributed by atoms with Crippen LogP contribution >= 0.6 is 15.9 Å². The molecule has 0 bridgehead atoms. The average molecular weight is 347 g/mol. The zero-order valence-electron chi connectivity index (χ0n) is 8.96. The Morgan fingerprint density at radius 1 is 1.33 bits per heavy atom. The molecule has 0 aliphatic rings. The molecule has 0 heterocycles. The minimum atomic E-state index is -4.45. The molecule has 9 heteroatoms. The predicted molar refractivity (Wildman–Crippen MR) is 65.6 cm³/mol. The Balaban J connectivity index is 2.82. The van der Waals surface area contributed by atoms with Crippen molar-refractivity contribution in [1.82, 2.24) is 0 Å². The number of anilines is 1. The molecule has 0 fully saturated rings. The molecule has 3 N–H and O–H groups in total. The highest BCUT2D eigenvalue weighted by Crippen LogP contribution is 2.33. The summed E-state index contributed by atoms with van der Waals surface area (Å²) in [5.41, 5.74) is -0.655. The molecule has 1 aromatic carbocycles. The minimum Gasteiger partial charge on any atom is -0.383 e. The number of hydrogen-bond acceptors (Lipinski definition) is 3. The number of hydrogen-bond donors (Lipinski definition) is 2. The van der Waals surface area contributed by atoms with Crippen LogP contribution in [0.4, 0.5) is 18.9 Å². The SMILES string of the molecule is NS(=O)(=O)CCNc1cc(C(F)(F)F)ccc1Br. The lowest BCUT2D eigenvalue weighted by atomic mass is 10.2. The number of rotatable bonds is 4. The molecule has 0 aliphatic heterocycles. The van der Waals surface area contributed by atoms with Crippen LogP contribution in [-0.2, 0) is 16.2 Å². The van der Waals surface area contributed by atoms with Crippen LogP contribution in [0.1, 0.15) is 5.56 Å². The highest BCUT2D eigenvalue weighted by atomic mass is 79.9. The normalized spacial score (nSPS) is 12.5. The van der Waals surface area contributed by atoms with Gasteiger partial charge >= 0.3 is 6.18 Å². The van der Waals surface area contributed by atoms with Crippen molar-refractivity contribution in [3.63, 3.8) is 0 Å². The van der Waals surface area contributed by atoms with Gasteiger partial charge in [-0.1, -0.05) is 0 Å². The molecule has 0 aromatic heterocycles. The second kappa shape index (κ2) is 5.45. The third-order valence-corrected chi connectivity index (χ3v) is 3.46. The van der Waals surface area contributed by atoms with Crippen molar-refractivity contribution in [3.8, 4) is 0 Å². The van der Waals surface area contributed by atoms with E-state index in [0.717, 1.165) is 12.1 Å². The van der Waals surface area contributed by atoms with E-state index in [0.29, 0.717) is 4.47 Å². The summed E-state index contributed by atoms with van der Waals surface area (Å²) in [6, 6.07) is 3.06. The van der Waals surface area contributed by atoms with Gasteiger partial charge in [0.1, 0.15) is 0 Å². The summed E-state index contributed by atoms with van der Waals surface area (Å²) < 4.78 is 59.1. The van der Waals surface area contributed by atoms with E-state index in [4.69, 9.17) is 5.14 Å². The molecule has 102 valence electrons. The van der Waals surface area contributed by atoms with Gasteiger partial charge in [0.05, 0.1) is 11.3 Å². The maximum absolute atomic E-state index is 12.5. The highest BCUT2D eigenvalue weighted by molar-refractivity contribution is 9.10. The number of benzene rings is 1. The Labute approximate surface area is 111 Å². The Morgan fingerprint density at radius 2 is 1.94 bits per heavy atom. The summed E-state index contributed by atoms with van der Waals surface area (Å²) in [7, 11) is -3.65. The fraction of sp³-hybridized carbons (Fsp3) is 0.333. The third-order valence-electron chi connectivity index (χ3n) is 2.00. The second-order valence-electron chi connectivity index (χ2n) is 3.49. The first-order chi connectivity index (χ1) is 8.09. The van der Waals surface area contributed by atoms with E-state index in [1.807, 2.05) is 0 Å². The van der Waals surface area contributed by atoms with Crippen molar-refractivity contribution >= 4 is 31.6 Å². The molecule has 18 heavy (non-hydrogen) atoms. The zero-order valence-corrected chi connectivity index (χ0v) is 11.4. The number of halogens is 4. The Hall–Kier alpha value is -0.800. The molecule has 0 atom stereocenters. The minimum absolute atomic E-state index is 0.0707. The molecule has 0 aliphatic carbocycles. The summed E-state index contributed by atoms with van der Waals surface area (Å²) in [6.07, 6.45) is -4.45. The van der Waals surface area contributed by atoms with Crippen molar-refractivity contribution in [1.29, 1.82) is 0 Å². The van der Waals surface area contributed by atoms with Crippen LogP contribution in [0.5, 0.6) is 0 Å². The lowest BCUT2D eigenvalue weighted by Gasteiger charge is -2.12. The summed E-state index contributed by atoms with van der Waals surface area (Å²) in [5.74, 6) is -0.365. The van der Waals surface area contributed by atoms with Crippen LogP contribution in [0.25, 0.3) is 0 Å². The molecular formula is C9H10BrF3N2O2S. The van der Waals surface area contributed by atoms with Gasteiger partial charge in [-0.05, 0) is 34.1 Å². The van der Waals surface area contributed by atoms with E-state index in [1.165, 1.54) is 6.07 Å². The van der Waals surface area contributed by atoms with Crippen LogP contribution in [0, 0.1) is 0 Å². The van der Waals surface area contributed by atoms with Gasteiger partial charge in [0.25, 0.3) is 0 Å². The van der Waals surface area contributed by atoms with Gasteiger partial charge in [0, 0.05) is 16.7 Å². The Kier molecular flexibility index (Phi) is 4.62. The van der Waals surface area contributed by atoms with Crippen LogP contribution in [0.3, 0.4) is 0 Å². The summed E-state index contributed by atoms with van der Waals surface area (Å²) >= 11 is 3.07. The molecule has 0 amide bonds. The topological polar surface area (TPSA) is 72.2 Å². The smallest absolute Gasteiger partial charge is 0.383 e. The fourth-order valence-corrected chi connectivity index (χ4v) is 1.94. The van der Waals surface area contributed by atoms with Gasteiger partial charge in [-0.15, -0.1) is 0 Å². The second-order valence-corrected chi connectivity index (χ2v) is 6.07. The van der Waals surface area contributed by atoms with Crippen molar-refractivity contribution in [2.24, 2.45) is 5.14 Å². The quantitative estimate of drug-likeness (QED) is 0.877. The van der Waals surface area contributed by atoms with Crippen LogP contribution in [0.15, 0.2) is 22.7 Å². The van der Waals surface area contributed by atoms with E-state index in [2.05, 4.69) is 21.2 Å². The van der Waals surface area contributed by atoms with E-state index in [1.54, 1.807) is 0 Å². The maximum Gasteiger partial charge on any atom is 0.416 e. The standard InChI is InChI=1S/C9H10BrF3N2O2S/c10-7-2-1-6(9(11,12)13)5-8(7)15-3-4-18(14,16)17/h1-2,5,15H,3-4H2,(H2,14,16,17). The molecule has 0 radical (unpaired) electrons. The summed E-state index contributed by atoms with van der Waals surface area (Å²) in [4.78, 5) is 0. The first kappa shape index (κ1) is 15.3. The molecule has 1 rings (SSSR count). The number of primary sulfonamides is 1. The molecule has 1 aromatic rings. The van der Waals surface area contributed by atoms with Crippen LogP contribution in [0.2, 0.25) is 0 Å². The Bertz CT molecular complexity index is 531. The van der Waals surface area contributed by atoms with E-state index >= 15 is 0 Å². The number of nitrogens with two attached hydrogens (primary N) is 1. The first-order valence-electron chi connectivity index (χ1n) is 4.71. The maximum atomic E-state index is 12.5. The summed E-state index contributed by atoms with van der Waals surface area (Å²) in [5, 5.41) is 7.35. The predicted octanol–water partition coefficient (Wildman–Crippen LogP) is 2.17. The number of sulfonamides is 1. The highest BCUT2D eigenvalue weighted by Gasteiger charge is 2.30. The van der Waals surface area contributed by atoms with Crippen molar-refractivity contribution in [2.75, 3.05) is 17.6 Å². The molecule has 0 saturated heterocycles. The van der Waals surface area contributed by atoms with E-state index in [9.17, 15) is 21.6 Å². The van der Waals surface area contributed by atoms with Crippen LogP contribution < -0.4 is 10.5 Å². The average Bonchev–Trinajstić information content (AvgIpc) is 2.17. The Morgan fingerprint density at radius 3 is 2.44 bits per heavy atom. The fourth-order valence-electron chi connectivity index (χ4n) is 1.17. The monoisotopic (exact) mass is 346 g/mol. The van der Waals surface area contributed by atoms with Gasteiger partial charge in [0.2, 0.25) is 10.0 Å². The van der Waals surface area contributed by atoms with Gasteiger partial charge in [0.15, 0.2) is 0 Å². The number of alkyl halides is 3. The third kappa shape index (κ3) is 4.83. The molecule has 0 saturated carbocycles. The van der Waals surface area contributed by atoms with Gasteiger partial charge in [-0.3, -0.25) is 0 Å². The summed E-state index contributed by atoms with van der Waals surface area (Å²) in [6.45, 7) is -0.0707. The number of nitrogens with one attached hydrogen (secondary N) is 1. The van der Waals surface area contributed by atoms with Crippen molar-refractivity contribution in [2.45, 2.75) is 6.18 Å². The zero-order chi connectivity index (χ0) is 14.0. The van der Waals surface area contributed by atoms with Gasteiger partial charge in [-0.2, -0.15) is 13.2 Å². The molecular weight excluding hydrogens is 337 g/mol. The largest absolute Gasteiger partial charge is 0.416 e. The van der Waals surface area contributed by atoms with E-state index in [-0.39, 0.29) is 18.0 Å². The first-order valence-corrected chi connectivity index (χ1v) is 7.21.